The Hall–Kier alpha value is -0.340. The van der Waals surface area contributed by atoms with E-state index >= 15 is 0 Å². The Morgan fingerprint density at radius 2 is 1.73 bits per heavy atom. The summed E-state index contributed by atoms with van der Waals surface area (Å²) < 4.78 is 10.2. The average Bonchev–Trinajstić information content (AvgIpc) is 1.88. The van der Waals surface area contributed by atoms with Crippen LogP contribution in [0.15, 0.2) is 12.7 Å². The van der Waals surface area contributed by atoms with Crippen molar-refractivity contribution < 1.29 is 9.47 Å². The van der Waals surface area contributed by atoms with Crippen LogP contribution in [0.1, 0.15) is 13.3 Å². The summed E-state index contributed by atoms with van der Waals surface area (Å²) in [5, 5.41) is 0. The first-order valence-electron chi connectivity index (χ1n) is 3.77. The van der Waals surface area contributed by atoms with Gasteiger partial charge in [0.05, 0.1) is 13.2 Å². The SMILES string of the molecule is C=CCC(C)(COC)COC. The van der Waals surface area contributed by atoms with E-state index in [0.29, 0.717) is 13.2 Å². The molecule has 0 heterocycles. The number of hydrogen-bond donors (Lipinski definition) is 0. The zero-order chi connectivity index (χ0) is 8.74. The molecule has 2 heteroatoms. The molecule has 0 rings (SSSR count). The van der Waals surface area contributed by atoms with E-state index in [9.17, 15) is 0 Å². The molecule has 0 unspecified atom stereocenters. The predicted molar refractivity (Wildman–Crippen MR) is 46.7 cm³/mol. The third-order valence-corrected chi connectivity index (χ3v) is 1.62. The van der Waals surface area contributed by atoms with Crippen LogP contribution in [-0.4, -0.2) is 27.4 Å². The van der Waals surface area contributed by atoms with Crippen LogP contribution in [0.4, 0.5) is 0 Å². The zero-order valence-corrected chi connectivity index (χ0v) is 7.72. The van der Waals surface area contributed by atoms with Gasteiger partial charge in [0.15, 0.2) is 0 Å². The van der Waals surface area contributed by atoms with Gasteiger partial charge in [0.25, 0.3) is 0 Å². The fourth-order valence-corrected chi connectivity index (χ4v) is 1.20. The monoisotopic (exact) mass is 158 g/mol. The number of ether oxygens (including phenoxy) is 2. The van der Waals surface area contributed by atoms with E-state index in [1.807, 2.05) is 6.08 Å². The highest BCUT2D eigenvalue weighted by molar-refractivity contribution is 4.82. The van der Waals surface area contributed by atoms with Gasteiger partial charge in [-0.25, -0.2) is 0 Å². The second-order valence-corrected chi connectivity index (χ2v) is 3.17. The maximum absolute atomic E-state index is 5.08. The summed E-state index contributed by atoms with van der Waals surface area (Å²) in [6.07, 6.45) is 2.83. The van der Waals surface area contributed by atoms with Crippen LogP contribution in [0, 0.1) is 5.41 Å². The van der Waals surface area contributed by atoms with Crippen LogP contribution >= 0.6 is 0 Å². The van der Waals surface area contributed by atoms with Gasteiger partial charge in [-0.3, -0.25) is 0 Å². The van der Waals surface area contributed by atoms with Crippen molar-refractivity contribution >= 4 is 0 Å². The van der Waals surface area contributed by atoms with E-state index in [1.54, 1.807) is 14.2 Å². The number of methoxy groups -OCH3 is 2. The lowest BCUT2D eigenvalue weighted by Gasteiger charge is -2.26. The molecular weight excluding hydrogens is 140 g/mol. The lowest BCUT2D eigenvalue weighted by Crippen LogP contribution is -2.27. The normalized spacial score (nSPS) is 11.5. The van der Waals surface area contributed by atoms with Gasteiger partial charge in [0, 0.05) is 19.6 Å². The van der Waals surface area contributed by atoms with Crippen LogP contribution in [0.2, 0.25) is 0 Å². The van der Waals surface area contributed by atoms with Gasteiger partial charge in [-0.05, 0) is 6.42 Å². The molecular formula is C9H18O2. The molecule has 0 aliphatic carbocycles. The highest BCUT2D eigenvalue weighted by atomic mass is 16.5. The largest absolute Gasteiger partial charge is 0.384 e. The fraction of sp³-hybridized carbons (Fsp3) is 0.778. The Balaban J connectivity index is 3.88. The first-order chi connectivity index (χ1) is 5.18. The van der Waals surface area contributed by atoms with Gasteiger partial charge in [-0.15, -0.1) is 6.58 Å². The molecule has 0 saturated carbocycles. The summed E-state index contributed by atoms with van der Waals surface area (Å²) in [5.41, 5.74) is 0.0885. The molecule has 11 heavy (non-hydrogen) atoms. The molecule has 2 nitrogen and oxygen atoms in total. The number of allylic oxidation sites excluding steroid dienone is 1. The first kappa shape index (κ1) is 10.7. The van der Waals surface area contributed by atoms with Crippen LogP contribution in [0.3, 0.4) is 0 Å². The molecule has 0 aromatic heterocycles. The van der Waals surface area contributed by atoms with Gasteiger partial charge < -0.3 is 9.47 Å². The lowest BCUT2D eigenvalue weighted by molar-refractivity contribution is 0.0241. The quantitative estimate of drug-likeness (QED) is 0.549. The maximum atomic E-state index is 5.08. The van der Waals surface area contributed by atoms with E-state index < -0.39 is 0 Å². The van der Waals surface area contributed by atoms with Crippen LogP contribution in [-0.2, 0) is 9.47 Å². The molecule has 0 saturated heterocycles. The Kier molecular flexibility index (Phi) is 5.16. The minimum atomic E-state index is 0.0885. The molecule has 0 N–H and O–H groups in total. The van der Waals surface area contributed by atoms with Gasteiger partial charge in [0.2, 0.25) is 0 Å². The number of rotatable bonds is 6. The molecule has 0 radical (unpaired) electrons. The van der Waals surface area contributed by atoms with Gasteiger partial charge >= 0.3 is 0 Å². The van der Waals surface area contributed by atoms with Crippen molar-refractivity contribution in [3.05, 3.63) is 12.7 Å². The zero-order valence-electron chi connectivity index (χ0n) is 7.72. The van der Waals surface area contributed by atoms with Crippen molar-refractivity contribution in [3.63, 3.8) is 0 Å². The van der Waals surface area contributed by atoms with E-state index in [4.69, 9.17) is 9.47 Å². The maximum Gasteiger partial charge on any atom is 0.0541 e. The molecule has 0 atom stereocenters. The van der Waals surface area contributed by atoms with Crippen molar-refractivity contribution in [2.75, 3.05) is 27.4 Å². The van der Waals surface area contributed by atoms with Crippen LogP contribution in [0.5, 0.6) is 0 Å². The molecule has 0 bridgehead atoms. The average molecular weight is 158 g/mol. The van der Waals surface area contributed by atoms with Crippen molar-refractivity contribution in [1.82, 2.24) is 0 Å². The van der Waals surface area contributed by atoms with E-state index in [1.165, 1.54) is 0 Å². The highest BCUT2D eigenvalue weighted by Gasteiger charge is 2.22. The molecule has 66 valence electrons. The minimum absolute atomic E-state index is 0.0885. The third-order valence-electron chi connectivity index (χ3n) is 1.62. The third kappa shape index (κ3) is 4.17. The smallest absolute Gasteiger partial charge is 0.0541 e. The summed E-state index contributed by atoms with van der Waals surface area (Å²) in [6.45, 7) is 7.26. The van der Waals surface area contributed by atoms with E-state index in [2.05, 4.69) is 13.5 Å². The Labute approximate surface area is 69.2 Å². The lowest BCUT2D eigenvalue weighted by atomic mass is 9.89. The Bertz CT molecular complexity index is 104. The number of hydrogen-bond acceptors (Lipinski definition) is 2. The predicted octanol–water partition coefficient (Wildman–Crippen LogP) is 1.86. The molecule has 0 aromatic rings. The molecule has 0 fully saturated rings. The van der Waals surface area contributed by atoms with Crippen molar-refractivity contribution in [3.8, 4) is 0 Å². The topological polar surface area (TPSA) is 18.5 Å². The van der Waals surface area contributed by atoms with Crippen molar-refractivity contribution in [2.24, 2.45) is 5.41 Å². The molecule has 0 aliphatic rings. The summed E-state index contributed by atoms with van der Waals surface area (Å²) in [5.74, 6) is 0. The summed E-state index contributed by atoms with van der Waals surface area (Å²) in [6, 6.07) is 0. The minimum Gasteiger partial charge on any atom is -0.384 e. The summed E-state index contributed by atoms with van der Waals surface area (Å²) in [4.78, 5) is 0. The summed E-state index contributed by atoms with van der Waals surface area (Å²) >= 11 is 0. The fourth-order valence-electron chi connectivity index (χ4n) is 1.20. The Morgan fingerprint density at radius 1 is 1.27 bits per heavy atom. The second-order valence-electron chi connectivity index (χ2n) is 3.17. The molecule has 0 aliphatic heterocycles. The first-order valence-corrected chi connectivity index (χ1v) is 3.77. The van der Waals surface area contributed by atoms with Crippen molar-refractivity contribution in [2.45, 2.75) is 13.3 Å². The second kappa shape index (κ2) is 5.33. The summed E-state index contributed by atoms with van der Waals surface area (Å²) in [7, 11) is 3.41. The Morgan fingerprint density at radius 3 is 2.00 bits per heavy atom. The van der Waals surface area contributed by atoms with Gasteiger partial charge in [-0.2, -0.15) is 0 Å². The highest BCUT2D eigenvalue weighted by Crippen LogP contribution is 2.21. The van der Waals surface area contributed by atoms with Crippen LogP contribution in [0.25, 0.3) is 0 Å². The van der Waals surface area contributed by atoms with E-state index in [0.717, 1.165) is 6.42 Å². The molecule has 0 amide bonds. The van der Waals surface area contributed by atoms with Gasteiger partial charge in [0.1, 0.15) is 0 Å². The van der Waals surface area contributed by atoms with E-state index in [-0.39, 0.29) is 5.41 Å². The molecule has 0 aromatic carbocycles. The van der Waals surface area contributed by atoms with Gasteiger partial charge in [-0.1, -0.05) is 13.0 Å². The standard InChI is InChI=1S/C9H18O2/c1-5-6-9(2,7-10-3)8-11-4/h5H,1,6-8H2,2-4H3. The molecule has 0 spiro atoms. The van der Waals surface area contributed by atoms with Crippen LogP contribution < -0.4 is 0 Å². The van der Waals surface area contributed by atoms with Crippen molar-refractivity contribution in [1.29, 1.82) is 0 Å².